The largest absolute Gasteiger partial charge is 0.355 e. The second kappa shape index (κ2) is 11.4. The molecule has 0 radical (unpaired) electrons. The van der Waals surface area contributed by atoms with Crippen molar-refractivity contribution in [2.45, 2.75) is 78.2 Å². The van der Waals surface area contributed by atoms with Gasteiger partial charge in [-0.05, 0) is 25.1 Å². The van der Waals surface area contributed by atoms with E-state index in [1.807, 2.05) is 0 Å². The minimum atomic E-state index is 0.0147. The number of aromatic amines is 1. The lowest BCUT2D eigenvalue weighted by atomic mass is 10.1. The average Bonchev–Trinajstić information content (AvgIpc) is 2.83. The van der Waals surface area contributed by atoms with Crippen molar-refractivity contribution in [3.8, 4) is 0 Å². The van der Waals surface area contributed by atoms with Crippen molar-refractivity contribution < 1.29 is 4.79 Å². The number of unbranched alkanes of at least 4 members (excludes halogenated alkanes) is 6. The van der Waals surface area contributed by atoms with Gasteiger partial charge in [-0.25, -0.2) is 0 Å². The molecule has 22 heavy (non-hydrogen) atoms. The van der Waals surface area contributed by atoms with Crippen molar-refractivity contribution in [3.63, 3.8) is 0 Å². The number of hydrogen-bond donors (Lipinski definition) is 2. The molecule has 0 bridgehead atoms. The van der Waals surface area contributed by atoms with Crippen LogP contribution in [0.15, 0.2) is 0 Å². The fraction of sp³-hybridized carbons (Fsp3) is 0.812. The molecule has 1 amide bonds. The molecule has 6 heteroatoms. The SMILES string of the molecule is CCCCCCCCCNC(=O)Cn1c(CCC)n[nH]c1=S. The third-order valence-corrected chi connectivity index (χ3v) is 4.03. The molecule has 1 aromatic rings. The summed E-state index contributed by atoms with van der Waals surface area (Å²) in [7, 11) is 0. The summed E-state index contributed by atoms with van der Waals surface area (Å²) in [6, 6.07) is 0. The minimum Gasteiger partial charge on any atom is -0.355 e. The summed E-state index contributed by atoms with van der Waals surface area (Å²) < 4.78 is 2.31. The van der Waals surface area contributed by atoms with Gasteiger partial charge in [0.2, 0.25) is 5.91 Å². The molecule has 126 valence electrons. The number of hydrogen-bond acceptors (Lipinski definition) is 3. The number of amides is 1. The second-order valence-electron chi connectivity index (χ2n) is 5.75. The molecule has 0 unspecified atom stereocenters. The van der Waals surface area contributed by atoms with E-state index < -0.39 is 0 Å². The molecule has 0 aliphatic heterocycles. The topological polar surface area (TPSA) is 62.7 Å². The van der Waals surface area contributed by atoms with E-state index in [1.54, 1.807) is 4.57 Å². The van der Waals surface area contributed by atoms with Crippen LogP contribution >= 0.6 is 12.2 Å². The fourth-order valence-electron chi connectivity index (χ4n) is 2.44. The average molecular weight is 327 g/mol. The molecule has 1 aromatic heterocycles. The molecule has 0 spiro atoms. The lowest BCUT2D eigenvalue weighted by Crippen LogP contribution is -2.29. The van der Waals surface area contributed by atoms with E-state index in [9.17, 15) is 4.79 Å². The Morgan fingerprint density at radius 2 is 1.82 bits per heavy atom. The molecule has 0 aliphatic rings. The van der Waals surface area contributed by atoms with Crippen LogP contribution in [0.2, 0.25) is 0 Å². The highest BCUT2D eigenvalue weighted by molar-refractivity contribution is 7.71. The molecular formula is C16H30N4OS. The standard InChI is InChI=1S/C16H30N4OS/c1-3-5-6-7-8-9-10-12-17-15(21)13-20-14(11-4-2)18-19-16(20)22/h3-13H2,1-2H3,(H,17,21)(H,19,22). The van der Waals surface area contributed by atoms with Crippen LogP contribution < -0.4 is 5.32 Å². The quantitative estimate of drug-likeness (QED) is 0.454. The van der Waals surface area contributed by atoms with Gasteiger partial charge in [0.15, 0.2) is 4.77 Å². The van der Waals surface area contributed by atoms with Crippen molar-refractivity contribution in [2.75, 3.05) is 6.54 Å². The predicted octanol–water partition coefficient (Wildman–Crippen LogP) is 3.76. The van der Waals surface area contributed by atoms with E-state index in [4.69, 9.17) is 12.2 Å². The molecule has 0 saturated carbocycles. The molecule has 1 heterocycles. The van der Waals surface area contributed by atoms with E-state index in [0.29, 0.717) is 4.77 Å². The summed E-state index contributed by atoms with van der Waals surface area (Å²) in [6.45, 7) is 5.33. The van der Waals surface area contributed by atoms with Crippen molar-refractivity contribution >= 4 is 18.1 Å². The molecule has 0 atom stereocenters. The van der Waals surface area contributed by atoms with Crippen LogP contribution in [0.3, 0.4) is 0 Å². The first kappa shape index (κ1) is 18.9. The Balaban J connectivity index is 2.19. The van der Waals surface area contributed by atoms with Gasteiger partial charge in [-0.3, -0.25) is 14.5 Å². The first-order chi connectivity index (χ1) is 10.7. The zero-order valence-electron chi connectivity index (χ0n) is 14.0. The van der Waals surface area contributed by atoms with Crippen LogP contribution in [0.25, 0.3) is 0 Å². The van der Waals surface area contributed by atoms with E-state index in [1.165, 1.54) is 38.5 Å². The zero-order chi connectivity index (χ0) is 16.2. The van der Waals surface area contributed by atoms with Gasteiger partial charge in [-0.15, -0.1) is 0 Å². The Bertz CT molecular complexity index is 481. The van der Waals surface area contributed by atoms with Gasteiger partial charge in [0.05, 0.1) is 0 Å². The Hall–Kier alpha value is -1.17. The summed E-state index contributed by atoms with van der Waals surface area (Å²) >= 11 is 5.17. The van der Waals surface area contributed by atoms with Gasteiger partial charge in [-0.1, -0.05) is 52.4 Å². The normalized spacial score (nSPS) is 10.8. The monoisotopic (exact) mass is 326 g/mol. The van der Waals surface area contributed by atoms with E-state index >= 15 is 0 Å². The number of aryl methyl sites for hydroxylation is 1. The van der Waals surface area contributed by atoms with Crippen molar-refractivity contribution in [1.82, 2.24) is 20.1 Å². The van der Waals surface area contributed by atoms with Crippen LogP contribution in [0.4, 0.5) is 0 Å². The minimum absolute atomic E-state index is 0.0147. The van der Waals surface area contributed by atoms with Crippen LogP contribution in [-0.2, 0) is 17.8 Å². The van der Waals surface area contributed by atoms with Crippen molar-refractivity contribution in [1.29, 1.82) is 0 Å². The molecular weight excluding hydrogens is 296 g/mol. The maximum Gasteiger partial charge on any atom is 0.240 e. The lowest BCUT2D eigenvalue weighted by Gasteiger charge is -2.08. The number of nitrogens with one attached hydrogen (secondary N) is 2. The van der Waals surface area contributed by atoms with Gasteiger partial charge in [0, 0.05) is 13.0 Å². The van der Waals surface area contributed by atoms with Gasteiger partial charge < -0.3 is 5.32 Å². The highest BCUT2D eigenvalue weighted by atomic mass is 32.1. The maximum atomic E-state index is 12.0. The first-order valence-corrected chi connectivity index (χ1v) is 9.00. The fourth-order valence-corrected chi connectivity index (χ4v) is 2.65. The Labute approximate surface area is 138 Å². The maximum absolute atomic E-state index is 12.0. The smallest absolute Gasteiger partial charge is 0.240 e. The van der Waals surface area contributed by atoms with Crippen molar-refractivity contribution in [3.05, 3.63) is 10.6 Å². The number of H-pyrrole nitrogens is 1. The number of carbonyl (C=O) groups excluding carboxylic acids is 1. The van der Waals surface area contributed by atoms with Gasteiger partial charge in [-0.2, -0.15) is 5.10 Å². The Morgan fingerprint density at radius 3 is 2.50 bits per heavy atom. The highest BCUT2D eigenvalue weighted by Crippen LogP contribution is 2.06. The predicted molar refractivity (Wildman–Crippen MR) is 92.4 cm³/mol. The second-order valence-corrected chi connectivity index (χ2v) is 6.14. The Morgan fingerprint density at radius 1 is 1.14 bits per heavy atom. The van der Waals surface area contributed by atoms with E-state index in [0.717, 1.165) is 31.6 Å². The molecule has 5 nitrogen and oxygen atoms in total. The number of aromatic nitrogens is 3. The molecule has 2 N–H and O–H groups in total. The van der Waals surface area contributed by atoms with Crippen LogP contribution in [-0.4, -0.2) is 27.2 Å². The highest BCUT2D eigenvalue weighted by Gasteiger charge is 2.09. The zero-order valence-corrected chi connectivity index (χ0v) is 14.8. The summed E-state index contributed by atoms with van der Waals surface area (Å²) in [5, 5.41) is 9.91. The van der Waals surface area contributed by atoms with Gasteiger partial charge in [0.1, 0.15) is 12.4 Å². The van der Waals surface area contributed by atoms with Crippen molar-refractivity contribution in [2.24, 2.45) is 0 Å². The molecule has 0 fully saturated rings. The van der Waals surface area contributed by atoms with E-state index in [2.05, 4.69) is 29.4 Å². The molecule has 0 aliphatic carbocycles. The lowest BCUT2D eigenvalue weighted by molar-refractivity contribution is -0.121. The third-order valence-electron chi connectivity index (χ3n) is 3.72. The molecule has 0 aromatic carbocycles. The Kier molecular flexibility index (Phi) is 9.79. The van der Waals surface area contributed by atoms with E-state index in [-0.39, 0.29) is 12.5 Å². The number of nitrogens with zero attached hydrogens (tertiary/aromatic N) is 2. The summed E-state index contributed by atoms with van der Waals surface area (Å²) in [5.41, 5.74) is 0. The number of carbonyl (C=O) groups is 1. The first-order valence-electron chi connectivity index (χ1n) is 8.59. The summed E-state index contributed by atoms with van der Waals surface area (Å²) in [5.74, 6) is 0.874. The summed E-state index contributed by atoms with van der Waals surface area (Å²) in [4.78, 5) is 12.0. The molecule has 1 rings (SSSR count). The van der Waals surface area contributed by atoms with Gasteiger partial charge in [0.25, 0.3) is 0 Å². The number of rotatable bonds is 12. The van der Waals surface area contributed by atoms with Crippen LogP contribution in [0.1, 0.15) is 71.0 Å². The summed E-state index contributed by atoms with van der Waals surface area (Å²) in [6.07, 6.45) is 10.6. The van der Waals surface area contributed by atoms with Crippen LogP contribution in [0, 0.1) is 4.77 Å². The van der Waals surface area contributed by atoms with Crippen LogP contribution in [0.5, 0.6) is 0 Å². The third kappa shape index (κ3) is 7.20. The van der Waals surface area contributed by atoms with Gasteiger partial charge >= 0.3 is 0 Å². The molecule has 0 saturated heterocycles.